The number of ether oxygens (including phenoxy) is 1. The lowest BCUT2D eigenvalue weighted by Gasteiger charge is -2.06. The van der Waals surface area contributed by atoms with Crippen molar-refractivity contribution in [3.8, 4) is 11.4 Å². The molecule has 1 amide bonds. The van der Waals surface area contributed by atoms with Crippen LogP contribution in [0.2, 0.25) is 5.02 Å². The quantitative estimate of drug-likeness (QED) is 0.573. The normalized spacial score (nSPS) is 10.7. The lowest BCUT2D eigenvalue weighted by molar-refractivity contribution is 0.102. The number of nitrogens with one attached hydrogen (secondary N) is 1. The molecular weight excluding hydrogens is 364 g/mol. The maximum atomic E-state index is 12.4. The average Bonchev–Trinajstić information content (AvgIpc) is 3.11. The minimum atomic E-state index is -0.209. The Kier molecular flexibility index (Phi) is 4.48. The molecule has 4 rings (SSSR count). The van der Waals surface area contributed by atoms with Gasteiger partial charge in [0.1, 0.15) is 16.8 Å². The highest BCUT2D eigenvalue weighted by Crippen LogP contribution is 2.20. The van der Waals surface area contributed by atoms with Crippen LogP contribution in [-0.2, 0) is 0 Å². The summed E-state index contributed by atoms with van der Waals surface area (Å²) in [4.78, 5) is 13.9. The second-order valence-electron chi connectivity index (χ2n) is 5.86. The van der Waals surface area contributed by atoms with Gasteiger partial charge in [-0.3, -0.25) is 4.79 Å². The summed E-state index contributed by atoms with van der Waals surface area (Å²) in [6, 6.07) is 19.6. The van der Waals surface area contributed by atoms with Crippen molar-refractivity contribution in [1.82, 2.24) is 15.0 Å². The minimum Gasteiger partial charge on any atom is -0.497 e. The number of fused-ring (bicyclic) bond motifs is 1. The highest BCUT2D eigenvalue weighted by molar-refractivity contribution is 6.30. The van der Waals surface area contributed by atoms with Gasteiger partial charge in [0, 0.05) is 16.3 Å². The van der Waals surface area contributed by atoms with E-state index in [1.807, 2.05) is 18.2 Å². The summed E-state index contributed by atoms with van der Waals surface area (Å²) in [7, 11) is 1.58. The van der Waals surface area contributed by atoms with E-state index in [9.17, 15) is 4.79 Å². The van der Waals surface area contributed by atoms with E-state index in [4.69, 9.17) is 16.3 Å². The number of hydrogen-bond acceptors (Lipinski definition) is 4. The van der Waals surface area contributed by atoms with Gasteiger partial charge in [-0.15, -0.1) is 10.2 Å². The first-order valence-corrected chi connectivity index (χ1v) is 8.59. The van der Waals surface area contributed by atoms with Crippen LogP contribution in [0.1, 0.15) is 10.4 Å². The molecule has 27 heavy (non-hydrogen) atoms. The summed E-state index contributed by atoms with van der Waals surface area (Å²) in [5.41, 5.74) is 3.34. The second kappa shape index (κ2) is 7.09. The third-order valence-corrected chi connectivity index (χ3v) is 4.26. The van der Waals surface area contributed by atoms with Gasteiger partial charge in [-0.2, -0.15) is 4.80 Å². The largest absolute Gasteiger partial charge is 0.497 e. The van der Waals surface area contributed by atoms with Crippen LogP contribution < -0.4 is 10.1 Å². The molecule has 7 heteroatoms. The average molecular weight is 379 g/mol. The van der Waals surface area contributed by atoms with Gasteiger partial charge in [-0.25, -0.2) is 0 Å². The van der Waals surface area contributed by atoms with Gasteiger partial charge >= 0.3 is 0 Å². The topological polar surface area (TPSA) is 69.0 Å². The molecular formula is C20H15ClN4O2. The van der Waals surface area contributed by atoms with Crippen molar-refractivity contribution in [2.45, 2.75) is 0 Å². The molecule has 0 bridgehead atoms. The van der Waals surface area contributed by atoms with Gasteiger partial charge in [-0.05, 0) is 60.7 Å². The predicted octanol–water partition coefficient (Wildman–Crippen LogP) is 4.33. The first-order chi connectivity index (χ1) is 13.1. The molecule has 0 fully saturated rings. The Bertz CT molecular complexity index is 1120. The summed E-state index contributed by atoms with van der Waals surface area (Å²) in [6.07, 6.45) is 0. The lowest BCUT2D eigenvalue weighted by atomic mass is 10.2. The van der Waals surface area contributed by atoms with Gasteiger partial charge in [-0.1, -0.05) is 17.7 Å². The van der Waals surface area contributed by atoms with Crippen molar-refractivity contribution in [1.29, 1.82) is 0 Å². The summed E-state index contributed by atoms with van der Waals surface area (Å²) in [5.74, 6) is 0.491. The second-order valence-corrected chi connectivity index (χ2v) is 6.29. The molecule has 0 atom stereocenters. The maximum Gasteiger partial charge on any atom is 0.255 e. The monoisotopic (exact) mass is 378 g/mol. The molecule has 0 saturated heterocycles. The van der Waals surface area contributed by atoms with Crippen LogP contribution in [0.5, 0.6) is 5.75 Å². The maximum absolute atomic E-state index is 12.4. The van der Waals surface area contributed by atoms with Gasteiger partial charge in [0.15, 0.2) is 0 Å². The first-order valence-electron chi connectivity index (χ1n) is 8.21. The molecule has 0 saturated carbocycles. The Balaban J connectivity index is 1.58. The van der Waals surface area contributed by atoms with E-state index < -0.39 is 0 Å². The SMILES string of the molecule is COc1ccc(C(=O)Nc2ccc3nn(-c4cccc(Cl)c4)nc3c2)cc1. The van der Waals surface area contributed by atoms with Crippen LogP contribution in [0.4, 0.5) is 5.69 Å². The van der Waals surface area contributed by atoms with Crippen molar-refractivity contribution in [3.63, 3.8) is 0 Å². The summed E-state index contributed by atoms with van der Waals surface area (Å²) < 4.78 is 5.10. The number of hydrogen-bond donors (Lipinski definition) is 1. The highest BCUT2D eigenvalue weighted by atomic mass is 35.5. The third-order valence-electron chi connectivity index (χ3n) is 4.03. The van der Waals surface area contributed by atoms with Crippen molar-refractivity contribution < 1.29 is 9.53 Å². The van der Waals surface area contributed by atoms with Gasteiger partial charge in [0.25, 0.3) is 5.91 Å². The Morgan fingerprint density at radius 1 is 1.00 bits per heavy atom. The van der Waals surface area contributed by atoms with Gasteiger partial charge in [0.05, 0.1) is 12.8 Å². The first kappa shape index (κ1) is 17.1. The summed E-state index contributed by atoms with van der Waals surface area (Å²) in [5, 5.41) is 12.4. The van der Waals surface area contributed by atoms with Crippen LogP contribution >= 0.6 is 11.6 Å². The fraction of sp³-hybridized carbons (Fsp3) is 0.0500. The van der Waals surface area contributed by atoms with Crippen molar-refractivity contribution >= 4 is 34.2 Å². The molecule has 0 radical (unpaired) electrons. The van der Waals surface area contributed by atoms with E-state index in [0.717, 1.165) is 11.2 Å². The number of anilines is 1. The zero-order valence-electron chi connectivity index (χ0n) is 14.4. The van der Waals surface area contributed by atoms with E-state index in [0.29, 0.717) is 27.5 Å². The fourth-order valence-corrected chi connectivity index (χ4v) is 2.84. The molecule has 1 aromatic heterocycles. The Morgan fingerprint density at radius 2 is 1.78 bits per heavy atom. The molecule has 0 spiro atoms. The van der Waals surface area contributed by atoms with Crippen LogP contribution in [0, 0.1) is 0 Å². The van der Waals surface area contributed by atoms with Crippen LogP contribution in [0.3, 0.4) is 0 Å². The van der Waals surface area contributed by atoms with Gasteiger partial charge < -0.3 is 10.1 Å². The zero-order chi connectivity index (χ0) is 18.8. The minimum absolute atomic E-state index is 0.209. The zero-order valence-corrected chi connectivity index (χ0v) is 15.1. The molecule has 134 valence electrons. The van der Waals surface area contributed by atoms with E-state index in [1.165, 1.54) is 4.80 Å². The number of benzene rings is 3. The molecule has 0 unspecified atom stereocenters. The predicted molar refractivity (Wildman–Crippen MR) is 105 cm³/mol. The summed E-state index contributed by atoms with van der Waals surface area (Å²) >= 11 is 6.03. The molecule has 6 nitrogen and oxygen atoms in total. The molecule has 4 aromatic rings. The van der Waals surface area contributed by atoms with Crippen molar-refractivity contribution in [2.24, 2.45) is 0 Å². The Hall–Kier alpha value is -3.38. The van der Waals surface area contributed by atoms with Crippen LogP contribution in [-0.4, -0.2) is 28.0 Å². The molecule has 1 N–H and O–H groups in total. The highest BCUT2D eigenvalue weighted by Gasteiger charge is 2.09. The van der Waals surface area contributed by atoms with Crippen molar-refractivity contribution in [3.05, 3.63) is 77.3 Å². The number of carbonyl (C=O) groups is 1. The van der Waals surface area contributed by atoms with Crippen LogP contribution in [0.15, 0.2) is 66.7 Å². The Morgan fingerprint density at radius 3 is 2.52 bits per heavy atom. The van der Waals surface area contributed by atoms with Crippen molar-refractivity contribution in [2.75, 3.05) is 12.4 Å². The standard InChI is InChI=1S/C20H15ClN4O2/c1-27-17-8-5-13(6-9-17)20(26)22-15-7-10-18-19(12-15)24-25(23-18)16-4-2-3-14(21)11-16/h2-12H,1H3,(H,22,26). The van der Waals surface area contributed by atoms with E-state index >= 15 is 0 Å². The lowest BCUT2D eigenvalue weighted by Crippen LogP contribution is -2.11. The number of nitrogens with zero attached hydrogens (tertiary/aromatic N) is 3. The number of methoxy groups -OCH3 is 1. The molecule has 1 heterocycles. The number of rotatable bonds is 4. The smallest absolute Gasteiger partial charge is 0.255 e. The molecule has 0 aliphatic carbocycles. The number of carbonyl (C=O) groups excluding carboxylic acids is 1. The van der Waals surface area contributed by atoms with E-state index in [1.54, 1.807) is 55.6 Å². The molecule has 3 aromatic carbocycles. The van der Waals surface area contributed by atoms with Crippen LogP contribution in [0.25, 0.3) is 16.7 Å². The number of aromatic nitrogens is 3. The number of amides is 1. The molecule has 0 aliphatic rings. The number of halogens is 1. The third kappa shape index (κ3) is 3.61. The van der Waals surface area contributed by atoms with E-state index in [2.05, 4.69) is 15.5 Å². The Labute approximate surface area is 160 Å². The van der Waals surface area contributed by atoms with E-state index in [-0.39, 0.29) is 5.91 Å². The fourth-order valence-electron chi connectivity index (χ4n) is 2.65. The molecule has 0 aliphatic heterocycles. The summed E-state index contributed by atoms with van der Waals surface area (Å²) in [6.45, 7) is 0. The van der Waals surface area contributed by atoms with Gasteiger partial charge in [0.2, 0.25) is 0 Å².